The lowest BCUT2D eigenvalue weighted by molar-refractivity contribution is 0.620. The van der Waals surface area contributed by atoms with Gasteiger partial charge >= 0.3 is 0 Å². The Kier molecular flexibility index (Phi) is 4.55. The highest BCUT2D eigenvalue weighted by atomic mass is 79.9. The number of halogens is 1. The molecule has 17 heavy (non-hydrogen) atoms. The molecular weight excluding hydrogens is 280 g/mol. The molecule has 2 aromatic rings. The molecule has 1 N–H and O–H groups in total. The standard InChI is InChI=1S/C12H15BrN4/c13-11-4-3-5-12(16-11)15-6-1-2-8-17-9-7-14-10-17/h3-5,7,9-10H,1-2,6,8H2,(H,15,16). The van der Waals surface area contributed by atoms with Crippen LogP contribution in [0.2, 0.25) is 0 Å². The summed E-state index contributed by atoms with van der Waals surface area (Å²) in [5.41, 5.74) is 0. The highest BCUT2D eigenvalue weighted by molar-refractivity contribution is 9.10. The van der Waals surface area contributed by atoms with Crippen molar-refractivity contribution in [2.24, 2.45) is 0 Å². The van der Waals surface area contributed by atoms with Crippen molar-refractivity contribution in [3.63, 3.8) is 0 Å². The maximum Gasteiger partial charge on any atom is 0.127 e. The molecule has 2 heterocycles. The first-order valence-corrected chi connectivity index (χ1v) is 6.46. The van der Waals surface area contributed by atoms with Crippen molar-refractivity contribution in [2.45, 2.75) is 19.4 Å². The first kappa shape index (κ1) is 12.1. The van der Waals surface area contributed by atoms with Gasteiger partial charge in [-0.15, -0.1) is 0 Å². The van der Waals surface area contributed by atoms with Crippen LogP contribution in [0.15, 0.2) is 41.5 Å². The van der Waals surface area contributed by atoms with Gasteiger partial charge in [0.25, 0.3) is 0 Å². The molecule has 0 bridgehead atoms. The van der Waals surface area contributed by atoms with E-state index in [0.717, 1.165) is 36.4 Å². The van der Waals surface area contributed by atoms with E-state index in [1.165, 1.54) is 0 Å². The molecule has 0 aliphatic heterocycles. The van der Waals surface area contributed by atoms with E-state index in [2.05, 4.69) is 35.8 Å². The van der Waals surface area contributed by atoms with Crippen molar-refractivity contribution in [1.29, 1.82) is 0 Å². The number of aromatic nitrogens is 3. The van der Waals surface area contributed by atoms with Gasteiger partial charge in [-0.25, -0.2) is 9.97 Å². The molecule has 0 saturated carbocycles. The molecule has 0 amide bonds. The third kappa shape index (κ3) is 4.19. The van der Waals surface area contributed by atoms with E-state index in [-0.39, 0.29) is 0 Å². The Labute approximate surface area is 109 Å². The van der Waals surface area contributed by atoms with Crippen molar-refractivity contribution in [2.75, 3.05) is 11.9 Å². The number of hydrogen-bond donors (Lipinski definition) is 1. The molecular formula is C12H15BrN4. The molecule has 0 saturated heterocycles. The van der Waals surface area contributed by atoms with Gasteiger partial charge in [0.1, 0.15) is 10.4 Å². The van der Waals surface area contributed by atoms with Gasteiger partial charge in [0, 0.05) is 25.5 Å². The molecule has 0 unspecified atom stereocenters. The molecule has 0 atom stereocenters. The molecule has 2 rings (SSSR count). The zero-order valence-electron chi connectivity index (χ0n) is 9.51. The maximum absolute atomic E-state index is 4.31. The number of rotatable bonds is 6. The predicted molar refractivity (Wildman–Crippen MR) is 71.9 cm³/mol. The summed E-state index contributed by atoms with van der Waals surface area (Å²) in [6.07, 6.45) is 7.90. The lowest BCUT2D eigenvalue weighted by Crippen LogP contribution is -2.04. The van der Waals surface area contributed by atoms with Crippen molar-refractivity contribution in [1.82, 2.24) is 14.5 Å². The fraction of sp³-hybridized carbons (Fsp3) is 0.333. The van der Waals surface area contributed by atoms with E-state index in [9.17, 15) is 0 Å². The van der Waals surface area contributed by atoms with Crippen LogP contribution in [0.5, 0.6) is 0 Å². The van der Waals surface area contributed by atoms with Crippen LogP contribution in [-0.2, 0) is 6.54 Å². The van der Waals surface area contributed by atoms with Crippen LogP contribution in [0.4, 0.5) is 5.82 Å². The molecule has 5 heteroatoms. The summed E-state index contributed by atoms with van der Waals surface area (Å²) in [6, 6.07) is 5.87. The zero-order valence-corrected chi connectivity index (χ0v) is 11.1. The van der Waals surface area contributed by atoms with Crippen LogP contribution in [-0.4, -0.2) is 21.1 Å². The summed E-state index contributed by atoms with van der Waals surface area (Å²) in [6.45, 7) is 1.96. The first-order valence-electron chi connectivity index (χ1n) is 5.67. The summed E-state index contributed by atoms with van der Waals surface area (Å²) in [5, 5.41) is 3.30. The van der Waals surface area contributed by atoms with Crippen LogP contribution >= 0.6 is 15.9 Å². The highest BCUT2D eigenvalue weighted by Gasteiger charge is 1.95. The zero-order chi connectivity index (χ0) is 11.9. The SMILES string of the molecule is Brc1cccc(NCCCCn2ccnc2)n1. The Morgan fingerprint density at radius 1 is 1.29 bits per heavy atom. The Morgan fingerprint density at radius 2 is 2.24 bits per heavy atom. The van der Waals surface area contributed by atoms with Crippen LogP contribution in [0.3, 0.4) is 0 Å². The van der Waals surface area contributed by atoms with Gasteiger partial charge in [-0.3, -0.25) is 0 Å². The lowest BCUT2D eigenvalue weighted by atomic mass is 10.3. The van der Waals surface area contributed by atoms with E-state index in [4.69, 9.17) is 0 Å². The molecule has 0 fully saturated rings. The van der Waals surface area contributed by atoms with Crippen molar-refractivity contribution in [3.05, 3.63) is 41.5 Å². The predicted octanol–water partition coefficient (Wildman–Crippen LogP) is 2.93. The van der Waals surface area contributed by atoms with Gasteiger partial charge in [0.05, 0.1) is 6.33 Å². The Hall–Kier alpha value is -1.36. The fourth-order valence-corrected chi connectivity index (χ4v) is 1.91. The average molecular weight is 295 g/mol. The van der Waals surface area contributed by atoms with Gasteiger partial charge in [-0.05, 0) is 40.9 Å². The Morgan fingerprint density at radius 3 is 3.00 bits per heavy atom. The normalized spacial score (nSPS) is 10.4. The topological polar surface area (TPSA) is 42.7 Å². The number of anilines is 1. The Balaban J connectivity index is 1.63. The third-order valence-electron chi connectivity index (χ3n) is 2.42. The van der Waals surface area contributed by atoms with E-state index >= 15 is 0 Å². The molecule has 0 radical (unpaired) electrons. The minimum atomic E-state index is 0.862. The van der Waals surface area contributed by atoms with Gasteiger partial charge in [-0.2, -0.15) is 0 Å². The van der Waals surface area contributed by atoms with E-state index < -0.39 is 0 Å². The molecule has 0 aromatic carbocycles. The number of hydrogen-bond acceptors (Lipinski definition) is 3. The van der Waals surface area contributed by atoms with E-state index in [0.29, 0.717) is 0 Å². The molecule has 0 spiro atoms. The number of pyridine rings is 1. The quantitative estimate of drug-likeness (QED) is 0.658. The molecule has 90 valence electrons. The number of nitrogens with zero attached hydrogens (tertiary/aromatic N) is 3. The van der Waals surface area contributed by atoms with Gasteiger partial charge in [0.2, 0.25) is 0 Å². The number of aryl methyl sites for hydroxylation is 1. The maximum atomic E-state index is 4.31. The summed E-state index contributed by atoms with van der Waals surface area (Å²) in [5.74, 6) is 0.919. The van der Waals surface area contributed by atoms with Crippen LogP contribution < -0.4 is 5.32 Å². The van der Waals surface area contributed by atoms with Crippen LogP contribution in [0, 0.1) is 0 Å². The van der Waals surface area contributed by atoms with Crippen molar-refractivity contribution >= 4 is 21.7 Å². The number of unbranched alkanes of at least 4 members (excludes halogenated alkanes) is 1. The number of nitrogens with one attached hydrogen (secondary N) is 1. The average Bonchev–Trinajstić information content (AvgIpc) is 2.82. The lowest BCUT2D eigenvalue weighted by Gasteiger charge is -2.06. The third-order valence-corrected chi connectivity index (χ3v) is 2.87. The summed E-state index contributed by atoms with van der Waals surface area (Å²) < 4.78 is 2.96. The second kappa shape index (κ2) is 6.39. The van der Waals surface area contributed by atoms with Gasteiger partial charge < -0.3 is 9.88 Å². The second-order valence-corrected chi connectivity index (χ2v) is 4.59. The van der Waals surface area contributed by atoms with Gasteiger partial charge in [-0.1, -0.05) is 6.07 Å². The van der Waals surface area contributed by atoms with E-state index in [1.807, 2.05) is 36.9 Å². The van der Waals surface area contributed by atoms with Crippen molar-refractivity contribution < 1.29 is 0 Å². The highest BCUT2D eigenvalue weighted by Crippen LogP contribution is 2.10. The van der Waals surface area contributed by atoms with Crippen LogP contribution in [0.1, 0.15) is 12.8 Å². The monoisotopic (exact) mass is 294 g/mol. The Bertz CT molecular complexity index is 442. The molecule has 0 aliphatic carbocycles. The smallest absolute Gasteiger partial charge is 0.127 e. The summed E-state index contributed by atoms with van der Waals surface area (Å²) >= 11 is 3.35. The molecule has 2 aromatic heterocycles. The fourth-order valence-electron chi connectivity index (χ4n) is 1.56. The summed E-state index contributed by atoms with van der Waals surface area (Å²) in [7, 11) is 0. The minimum Gasteiger partial charge on any atom is -0.370 e. The van der Waals surface area contributed by atoms with E-state index in [1.54, 1.807) is 0 Å². The molecule has 4 nitrogen and oxygen atoms in total. The second-order valence-electron chi connectivity index (χ2n) is 3.78. The minimum absolute atomic E-state index is 0.862. The number of imidazole rings is 1. The van der Waals surface area contributed by atoms with Crippen LogP contribution in [0.25, 0.3) is 0 Å². The largest absolute Gasteiger partial charge is 0.370 e. The summed E-state index contributed by atoms with van der Waals surface area (Å²) in [4.78, 5) is 8.32. The first-order chi connectivity index (χ1) is 8.34. The molecule has 0 aliphatic rings. The van der Waals surface area contributed by atoms with Crippen molar-refractivity contribution in [3.8, 4) is 0 Å². The van der Waals surface area contributed by atoms with Gasteiger partial charge in [0.15, 0.2) is 0 Å².